The number of rotatable bonds is 6. The first-order chi connectivity index (χ1) is 13.4. The Hall–Kier alpha value is 1.21. The standard InChI is InChI=1S/3C7H15NS2.Bi/c3*1-5(2)8(6(3)4)7(9)10;/h3*5-6H,1-4H3,(H,9,10);/q;;;+3/p-3. The largest absolute Gasteiger partial charge is 3.00 e. The Bertz CT molecular complexity index is 416. The van der Waals surface area contributed by atoms with Crippen LogP contribution in [0, 0.1) is 0 Å². The SMILES string of the molecule is CC(C)N(C(=S)[S-])C(C)C.CC(C)N(C(=S)[S-])C(C)C.CC(C)N(C(=S)[S-])C(C)C.[Bi+3]. The van der Waals surface area contributed by atoms with Crippen LogP contribution in [-0.2, 0) is 37.9 Å². The predicted octanol–water partition coefficient (Wildman–Crippen LogP) is 5.43. The normalized spacial score (nSPS) is 10.3. The summed E-state index contributed by atoms with van der Waals surface area (Å²) in [6, 6.07) is 2.53. The molecule has 0 unspecified atom stereocenters. The third-order valence-corrected chi connectivity index (χ3v) is 5.24. The van der Waals surface area contributed by atoms with Gasteiger partial charge in [0.15, 0.2) is 0 Å². The van der Waals surface area contributed by atoms with Gasteiger partial charge in [0.2, 0.25) is 0 Å². The zero-order valence-corrected chi connectivity index (χ0v) is 29.6. The molecule has 0 spiro atoms. The van der Waals surface area contributed by atoms with Crippen LogP contribution >= 0.6 is 36.7 Å². The summed E-state index contributed by atoms with van der Waals surface area (Å²) in [6.45, 7) is 25.1. The molecule has 0 aliphatic carbocycles. The molecule has 0 aliphatic rings. The molecule has 0 amide bonds. The van der Waals surface area contributed by atoms with Crippen LogP contribution in [0.1, 0.15) is 83.1 Å². The second-order valence-electron chi connectivity index (χ2n) is 8.58. The first-order valence-corrected chi connectivity index (χ1v) is 12.8. The van der Waals surface area contributed by atoms with Gasteiger partial charge in [-0.25, -0.2) is 0 Å². The zero-order valence-electron chi connectivity index (χ0n) is 21.2. The summed E-state index contributed by atoms with van der Waals surface area (Å²) in [5.41, 5.74) is 0. The molecule has 10 heteroatoms. The van der Waals surface area contributed by atoms with E-state index in [-0.39, 0.29) is 26.2 Å². The summed E-state index contributed by atoms with van der Waals surface area (Å²) in [5, 5.41) is 0. The van der Waals surface area contributed by atoms with Crippen LogP contribution in [0.3, 0.4) is 0 Å². The first-order valence-electron chi connectivity index (χ1n) is 10.4. The maximum Gasteiger partial charge on any atom is 3.00 e. The molecule has 0 aliphatic heterocycles. The van der Waals surface area contributed by atoms with E-state index in [1.54, 1.807) is 0 Å². The van der Waals surface area contributed by atoms with Crippen molar-refractivity contribution in [1.29, 1.82) is 0 Å². The molecule has 0 aromatic heterocycles. The van der Waals surface area contributed by atoms with Gasteiger partial charge in [-0.3, -0.25) is 0 Å². The van der Waals surface area contributed by atoms with Crippen LogP contribution in [0.15, 0.2) is 0 Å². The van der Waals surface area contributed by atoms with E-state index in [0.29, 0.717) is 49.2 Å². The Morgan fingerprint density at radius 3 is 0.516 bits per heavy atom. The minimum atomic E-state index is 0. The first kappa shape index (κ1) is 39.4. The summed E-state index contributed by atoms with van der Waals surface area (Å²) in [7, 11) is 0. The molecule has 182 valence electrons. The van der Waals surface area contributed by atoms with Crippen LogP contribution in [0.4, 0.5) is 0 Å². The van der Waals surface area contributed by atoms with Crippen LogP contribution in [-0.4, -0.2) is 90.1 Å². The third-order valence-electron chi connectivity index (χ3n) is 3.97. The molecule has 3 nitrogen and oxygen atoms in total. The van der Waals surface area contributed by atoms with Gasteiger partial charge in [0.05, 0.1) is 0 Å². The summed E-state index contributed by atoms with van der Waals surface area (Å²) in [4.78, 5) is 6.14. The van der Waals surface area contributed by atoms with Crippen molar-refractivity contribution >= 4 is 114 Å². The summed E-state index contributed by atoms with van der Waals surface area (Å²) < 4.78 is 1.72. The fraction of sp³-hybridized carbons (Fsp3) is 0.857. The molecule has 0 atom stereocenters. The summed E-state index contributed by atoms with van der Waals surface area (Å²) in [6.07, 6.45) is 0. The van der Waals surface area contributed by atoms with Gasteiger partial charge in [0.25, 0.3) is 0 Å². The van der Waals surface area contributed by atoms with Gasteiger partial charge in [0.1, 0.15) is 0 Å². The van der Waals surface area contributed by atoms with Crippen molar-refractivity contribution in [2.45, 2.75) is 119 Å². The number of hydrogen-bond acceptors (Lipinski definition) is 6. The van der Waals surface area contributed by atoms with Gasteiger partial charge in [-0.15, -0.1) is 0 Å². The second kappa shape index (κ2) is 20.6. The molecular formula is C21H42BiN3S6. The second-order valence-corrected chi connectivity index (χ2v) is 11.7. The Morgan fingerprint density at radius 1 is 0.419 bits per heavy atom. The Labute approximate surface area is 245 Å². The molecule has 0 saturated heterocycles. The maximum atomic E-state index is 4.91. The van der Waals surface area contributed by atoms with E-state index in [0.717, 1.165) is 0 Å². The van der Waals surface area contributed by atoms with Crippen LogP contribution in [0.25, 0.3) is 0 Å². The van der Waals surface area contributed by atoms with Crippen molar-refractivity contribution < 1.29 is 0 Å². The van der Waals surface area contributed by atoms with Crippen molar-refractivity contribution in [2.75, 3.05) is 0 Å². The fourth-order valence-corrected chi connectivity index (χ4v) is 5.58. The average Bonchev–Trinajstić information content (AvgIpc) is 2.43. The van der Waals surface area contributed by atoms with E-state index < -0.39 is 0 Å². The topological polar surface area (TPSA) is 9.72 Å². The van der Waals surface area contributed by atoms with E-state index in [1.807, 2.05) is 14.7 Å². The Balaban J connectivity index is -0.000000174. The van der Waals surface area contributed by atoms with Gasteiger partial charge in [-0.2, -0.15) is 0 Å². The molecule has 0 heterocycles. The van der Waals surface area contributed by atoms with E-state index in [9.17, 15) is 0 Å². The zero-order chi connectivity index (χ0) is 24.9. The van der Waals surface area contributed by atoms with E-state index in [4.69, 9.17) is 74.5 Å². The predicted molar refractivity (Wildman–Crippen MR) is 162 cm³/mol. The van der Waals surface area contributed by atoms with Gasteiger partial charge >= 0.3 is 26.2 Å². The fourth-order valence-electron chi connectivity index (χ4n) is 3.05. The van der Waals surface area contributed by atoms with Crippen molar-refractivity contribution in [3.8, 4) is 0 Å². The molecule has 0 aromatic carbocycles. The molecule has 0 saturated carbocycles. The molecule has 0 fully saturated rings. The van der Waals surface area contributed by atoms with Crippen molar-refractivity contribution in [1.82, 2.24) is 14.7 Å². The maximum absolute atomic E-state index is 4.91. The smallest absolute Gasteiger partial charge is 0.411 e. The molecule has 0 aromatic rings. The number of thiocarbonyl (C=S) groups is 3. The third kappa shape index (κ3) is 19.2. The van der Waals surface area contributed by atoms with E-state index in [1.165, 1.54) is 0 Å². The van der Waals surface area contributed by atoms with Gasteiger partial charge in [-0.05, 0) is 83.1 Å². The Morgan fingerprint density at radius 2 is 0.516 bits per heavy atom. The van der Waals surface area contributed by atoms with Crippen LogP contribution < -0.4 is 0 Å². The van der Waals surface area contributed by atoms with Crippen molar-refractivity contribution in [3.05, 3.63) is 0 Å². The van der Waals surface area contributed by atoms with Crippen molar-refractivity contribution in [2.24, 2.45) is 0 Å². The van der Waals surface area contributed by atoms with Gasteiger partial charge in [0, 0.05) is 36.3 Å². The van der Waals surface area contributed by atoms with E-state index >= 15 is 0 Å². The molecule has 0 rings (SSSR count). The molecule has 0 N–H and O–H groups in total. The monoisotopic (exact) mass is 737 g/mol. The number of nitrogens with zero attached hydrogens (tertiary/aromatic N) is 3. The van der Waals surface area contributed by atoms with Crippen molar-refractivity contribution in [3.63, 3.8) is 0 Å². The minimum Gasteiger partial charge on any atom is -0.411 e. The molecule has 31 heavy (non-hydrogen) atoms. The number of hydrogen-bond donors (Lipinski definition) is 0. The molecule has 0 bridgehead atoms. The average molecular weight is 738 g/mol. The quantitative estimate of drug-likeness (QED) is 0.199. The van der Waals surface area contributed by atoms with Crippen LogP contribution in [0.5, 0.6) is 0 Å². The summed E-state index contributed by atoms with van der Waals surface area (Å²) >= 11 is 29.5. The van der Waals surface area contributed by atoms with E-state index in [2.05, 4.69) is 83.1 Å². The summed E-state index contributed by atoms with van der Waals surface area (Å²) in [5.74, 6) is 0. The van der Waals surface area contributed by atoms with Crippen LogP contribution in [0.2, 0.25) is 0 Å². The minimum absolute atomic E-state index is 0. The van der Waals surface area contributed by atoms with Gasteiger partial charge in [-0.1, -0.05) is 13.0 Å². The Kier molecular flexibility index (Phi) is 26.2. The van der Waals surface area contributed by atoms with Gasteiger partial charge < -0.3 is 89.2 Å². The molecular weight excluding hydrogens is 696 g/mol. The molecule has 2 radical (unpaired) electrons.